The van der Waals surface area contributed by atoms with E-state index < -0.39 is 0 Å². The number of hydrogen-bond acceptors (Lipinski definition) is 2. The second-order valence-corrected chi connectivity index (χ2v) is 2.67. The summed E-state index contributed by atoms with van der Waals surface area (Å²) in [7, 11) is 0. The highest BCUT2D eigenvalue weighted by Gasteiger charge is 2.42. The van der Waals surface area contributed by atoms with Crippen molar-refractivity contribution in [2.24, 2.45) is 5.92 Å². The number of hydrogen-bond donors (Lipinski definition) is 0. The Balaban J connectivity index is 2.20. The number of ether oxygens (including phenoxy) is 1. The van der Waals surface area contributed by atoms with Crippen LogP contribution < -0.4 is 0 Å². The number of alkyl halides is 1. The first-order valence-corrected chi connectivity index (χ1v) is 3.50. The lowest BCUT2D eigenvalue weighted by atomic mass is 10.4. The molecule has 1 rings (SSSR count). The number of rotatable bonds is 2. The van der Waals surface area contributed by atoms with Gasteiger partial charge in [0, 0.05) is 5.38 Å². The topological polar surface area (TPSA) is 26.3 Å². The monoisotopic (exact) mass is 148 g/mol. The minimum absolute atomic E-state index is 0.00776. The summed E-state index contributed by atoms with van der Waals surface area (Å²) in [5.41, 5.74) is 0. The molecular weight excluding hydrogens is 140 g/mol. The van der Waals surface area contributed by atoms with Gasteiger partial charge >= 0.3 is 5.97 Å². The standard InChI is InChI=1S/C6H9ClO2/c1-2-9-6(8)4-3-5(4)7/h4-5H,2-3H2,1H3/t4-,5+/m0/s1. The fourth-order valence-corrected chi connectivity index (χ4v) is 0.952. The number of esters is 1. The van der Waals surface area contributed by atoms with Gasteiger partial charge < -0.3 is 4.74 Å². The molecule has 0 amide bonds. The Morgan fingerprint density at radius 2 is 2.44 bits per heavy atom. The Hall–Kier alpha value is -0.240. The lowest BCUT2D eigenvalue weighted by Crippen LogP contribution is -2.07. The predicted molar refractivity (Wildman–Crippen MR) is 34.4 cm³/mol. The molecule has 1 fully saturated rings. The maximum Gasteiger partial charge on any atom is 0.310 e. The van der Waals surface area contributed by atoms with Gasteiger partial charge in [-0.15, -0.1) is 11.6 Å². The highest BCUT2D eigenvalue weighted by Crippen LogP contribution is 2.36. The summed E-state index contributed by atoms with van der Waals surface area (Å²) in [6.07, 6.45) is 0.792. The fourth-order valence-electron chi connectivity index (χ4n) is 0.657. The SMILES string of the molecule is CCOC(=O)[C@H]1C[C@H]1Cl. The van der Waals surface area contributed by atoms with Gasteiger partial charge in [-0.1, -0.05) is 0 Å². The fraction of sp³-hybridized carbons (Fsp3) is 0.833. The van der Waals surface area contributed by atoms with Crippen LogP contribution in [0.5, 0.6) is 0 Å². The molecule has 52 valence electrons. The van der Waals surface area contributed by atoms with E-state index in [4.69, 9.17) is 16.3 Å². The Bertz CT molecular complexity index is 124. The van der Waals surface area contributed by atoms with Gasteiger partial charge in [0.25, 0.3) is 0 Å². The van der Waals surface area contributed by atoms with Gasteiger partial charge in [0.15, 0.2) is 0 Å². The van der Waals surface area contributed by atoms with E-state index in [1.165, 1.54) is 0 Å². The van der Waals surface area contributed by atoms with Gasteiger partial charge in [-0.3, -0.25) is 4.79 Å². The van der Waals surface area contributed by atoms with Crippen LogP contribution in [0.1, 0.15) is 13.3 Å². The van der Waals surface area contributed by atoms with Crippen molar-refractivity contribution in [3.8, 4) is 0 Å². The van der Waals surface area contributed by atoms with E-state index in [-0.39, 0.29) is 17.3 Å². The molecule has 1 aliphatic rings. The average molecular weight is 149 g/mol. The molecule has 0 N–H and O–H groups in total. The number of carbonyl (C=O) groups excluding carboxylic acids is 1. The Morgan fingerprint density at radius 3 is 2.78 bits per heavy atom. The molecule has 0 spiro atoms. The van der Waals surface area contributed by atoms with Gasteiger partial charge in [-0.25, -0.2) is 0 Å². The summed E-state index contributed by atoms with van der Waals surface area (Å²) in [4.78, 5) is 10.7. The number of halogens is 1. The van der Waals surface area contributed by atoms with Crippen LogP contribution in [0.15, 0.2) is 0 Å². The maximum atomic E-state index is 10.7. The smallest absolute Gasteiger partial charge is 0.310 e. The average Bonchev–Trinajstić information content (AvgIpc) is 2.47. The van der Waals surface area contributed by atoms with Crippen LogP contribution in [-0.2, 0) is 9.53 Å². The third-order valence-corrected chi connectivity index (χ3v) is 1.78. The van der Waals surface area contributed by atoms with Crippen LogP contribution in [0.25, 0.3) is 0 Å². The molecule has 3 heteroatoms. The van der Waals surface area contributed by atoms with Crippen LogP contribution in [0.3, 0.4) is 0 Å². The molecule has 0 aliphatic heterocycles. The molecule has 0 radical (unpaired) electrons. The molecule has 1 saturated carbocycles. The quantitative estimate of drug-likeness (QED) is 0.434. The van der Waals surface area contributed by atoms with Crippen molar-refractivity contribution < 1.29 is 9.53 Å². The van der Waals surface area contributed by atoms with Crippen molar-refractivity contribution in [3.05, 3.63) is 0 Å². The van der Waals surface area contributed by atoms with Crippen molar-refractivity contribution in [2.45, 2.75) is 18.7 Å². The minimum Gasteiger partial charge on any atom is -0.466 e. The van der Waals surface area contributed by atoms with E-state index in [1.54, 1.807) is 6.92 Å². The molecule has 0 unspecified atom stereocenters. The van der Waals surface area contributed by atoms with E-state index >= 15 is 0 Å². The molecule has 0 heterocycles. The molecule has 2 atom stereocenters. The third-order valence-electron chi connectivity index (χ3n) is 1.30. The normalized spacial score (nSPS) is 31.8. The van der Waals surface area contributed by atoms with Gasteiger partial charge in [-0.05, 0) is 13.3 Å². The molecule has 0 aromatic rings. The second-order valence-electron chi connectivity index (χ2n) is 2.11. The second kappa shape index (κ2) is 2.56. The van der Waals surface area contributed by atoms with E-state index in [1.807, 2.05) is 0 Å². The van der Waals surface area contributed by atoms with Gasteiger partial charge in [0.2, 0.25) is 0 Å². The van der Waals surface area contributed by atoms with Crippen molar-refractivity contribution in [1.29, 1.82) is 0 Å². The van der Waals surface area contributed by atoms with Crippen molar-refractivity contribution >= 4 is 17.6 Å². The van der Waals surface area contributed by atoms with Crippen LogP contribution >= 0.6 is 11.6 Å². The van der Waals surface area contributed by atoms with Crippen molar-refractivity contribution in [3.63, 3.8) is 0 Å². The van der Waals surface area contributed by atoms with E-state index in [0.717, 1.165) is 6.42 Å². The molecule has 9 heavy (non-hydrogen) atoms. The van der Waals surface area contributed by atoms with Crippen LogP contribution in [0, 0.1) is 5.92 Å². The molecule has 0 bridgehead atoms. The van der Waals surface area contributed by atoms with Crippen LogP contribution in [-0.4, -0.2) is 18.0 Å². The lowest BCUT2D eigenvalue weighted by Gasteiger charge is -1.96. The van der Waals surface area contributed by atoms with E-state index in [0.29, 0.717) is 6.61 Å². The highest BCUT2D eigenvalue weighted by molar-refractivity contribution is 6.24. The molecule has 0 saturated heterocycles. The molecule has 2 nitrogen and oxygen atoms in total. The first-order chi connectivity index (χ1) is 4.25. The lowest BCUT2D eigenvalue weighted by molar-refractivity contribution is -0.144. The predicted octanol–water partition coefficient (Wildman–Crippen LogP) is 1.18. The van der Waals surface area contributed by atoms with E-state index in [9.17, 15) is 4.79 Å². The molecular formula is C6H9ClO2. The summed E-state index contributed by atoms with van der Waals surface area (Å²) in [5.74, 6) is -0.149. The van der Waals surface area contributed by atoms with Crippen molar-refractivity contribution in [1.82, 2.24) is 0 Å². The highest BCUT2D eigenvalue weighted by atomic mass is 35.5. The zero-order valence-electron chi connectivity index (χ0n) is 5.26. The van der Waals surface area contributed by atoms with Gasteiger partial charge in [0.05, 0.1) is 12.5 Å². The molecule has 0 aromatic heterocycles. The Labute approximate surface area is 59.1 Å². The summed E-state index contributed by atoms with van der Waals surface area (Å²) in [6, 6.07) is 0. The van der Waals surface area contributed by atoms with Crippen molar-refractivity contribution in [2.75, 3.05) is 6.61 Å². The van der Waals surface area contributed by atoms with Crippen LogP contribution in [0.4, 0.5) is 0 Å². The summed E-state index contributed by atoms with van der Waals surface area (Å²) in [5, 5.41) is 0.0454. The first kappa shape index (κ1) is 6.87. The first-order valence-electron chi connectivity index (χ1n) is 3.06. The minimum atomic E-state index is -0.141. The van der Waals surface area contributed by atoms with E-state index in [2.05, 4.69) is 0 Å². The maximum absolute atomic E-state index is 10.7. The summed E-state index contributed by atoms with van der Waals surface area (Å²) >= 11 is 5.58. The third kappa shape index (κ3) is 1.58. The zero-order chi connectivity index (χ0) is 6.85. The molecule has 0 aromatic carbocycles. The number of carbonyl (C=O) groups is 1. The molecule has 1 aliphatic carbocycles. The van der Waals surface area contributed by atoms with Crippen LogP contribution in [0.2, 0.25) is 0 Å². The van der Waals surface area contributed by atoms with Gasteiger partial charge in [-0.2, -0.15) is 0 Å². The zero-order valence-corrected chi connectivity index (χ0v) is 6.02. The van der Waals surface area contributed by atoms with Gasteiger partial charge in [0.1, 0.15) is 0 Å². The largest absolute Gasteiger partial charge is 0.466 e. The summed E-state index contributed by atoms with van der Waals surface area (Å²) < 4.78 is 4.71. The summed E-state index contributed by atoms with van der Waals surface area (Å²) in [6.45, 7) is 2.25. The Morgan fingerprint density at radius 1 is 1.89 bits per heavy atom. The Kier molecular flexibility index (Phi) is 1.96.